The SMILES string of the molecule is O=C(c1c(F)c(F)cc(F)c1F)C1CC2CCC(C1)S2(=O)=O. The van der Waals surface area contributed by atoms with Gasteiger partial charge in [0.05, 0.1) is 16.1 Å². The first-order valence-electron chi connectivity index (χ1n) is 6.83. The molecule has 2 aliphatic rings. The van der Waals surface area contributed by atoms with Crippen LogP contribution in [0.15, 0.2) is 6.07 Å². The van der Waals surface area contributed by atoms with Crippen LogP contribution in [-0.2, 0) is 9.84 Å². The van der Waals surface area contributed by atoms with Crippen LogP contribution in [0, 0.1) is 29.2 Å². The fraction of sp³-hybridized carbons (Fsp3) is 0.500. The normalized spacial score (nSPS) is 29.5. The molecular weight excluding hydrogens is 324 g/mol. The molecular formula is C14H12F4O3S. The lowest BCUT2D eigenvalue weighted by Gasteiger charge is -2.27. The monoisotopic (exact) mass is 336 g/mol. The average Bonchev–Trinajstić information content (AvgIpc) is 2.65. The summed E-state index contributed by atoms with van der Waals surface area (Å²) in [6, 6.07) is 0.0382. The van der Waals surface area contributed by atoms with Gasteiger partial charge in [-0.3, -0.25) is 4.79 Å². The predicted molar refractivity (Wildman–Crippen MR) is 69.1 cm³/mol. The van der Waals surface area contributed by atoms with Gasteiger partial charge >= 0.3 is 0 Å². The standard InChI is InChI=1S/C14H12F4O3S/c15-9-5-10(16)13(18)11(12(9)17)14(19)6-3-7-1-2-8(4-6)22(7,20)21/h5-8H,1-4H2. The molecule has 2 aliphatic heterocycles. The van der Waals surface area contributed by atoms with E-state index < -0.39 is 60.9 Å². The maximum atomic E-state index is 13.7. The number of sulfone groups is 1. The van der Waals surface area contributed by atoms with Crippen LogP contribution < -0.4 is 0 Å². The molecule has 0 amide bonds. The minimum absolute atomic E-state index is 0.0382. The zero-order valence-electron chi connectivity index (χ0n) is 11.3. The maximum absolute atomic E-state index is 13.7. The van der Waals surface area contributed by atoms with Gasteiger partial charge < -0.3 is 0 Å². The van der Waals surface area contributed by atoms with Crippen LogP contribution in [0.2, 0.25) is 0 Å². The molecule has 2 unspecified atom stereocenters. The molecule has 2 saturated heterocycles. The third kappa shape index (κ3) is 2.15. The summed E-state index contributed by atoms with van der Waals surface area (Å²) in [5.74, 6) is -8.76. The van der Waals surface area contributed by atoms with Crippen LogP contribution in [0.5, 0.6) is 0 Å². The molecule has 0 radical (unpaired) electrons. The van der Waals surface area contributed by atoms with E-state index in [1.165, 1.54) is 0 Å². The van der Waals surface area contributed by atoms with Crippen molar-refractivity contribution in [2.75, 3.05) is 0 Å². The first-order chi connectivity index (χ1) is 10.2. The molecule has 1 aromatic carbocycles. The fourth-order valence-electron chi connectivity index (χ4n) is 3.42. The third-order valence-electron chi connectivity index (χ3n) is 4.56. The summed E-state index contributed by atoms with van der Waals surface area (Å²) >= 11 is 0. The smallest absolute Gasteiger partial charge is 0.172 e. The molecule has 3 nitrogen and oxygen atoms in total. The van der Waals surface area contributed by atoms with Crippen LogP contribution in [0.3, 0.4) is 0 Å². The number of carbonyl (C=O) groups excluding carboxylic acids is 1. The summed E-state index contributed by atoms with van der Waals surface area (Å²) in [7, 11) is -3.30. The maximum Gasteiger partial charge on any atom is 0.172 e. The number of fused-ring (bicyclic) bond motifs is 2. The summed E-state index contributed by atoms with van der Waals surface area (Å²) in [5, 5.41) is -1.44. The highest BCUT2D eigenvalue weighted by atomic mass is 32.2. The van der Waals surface area contributed by atoms with Crippen molar-refractivity contribution >= 4 is 15.6 Å². The first kappa shape index (κ1) is 15.5. The summed E-state index contributed by atoms with van der Waals surface area (Å²) < 4.78 is 77.7. The van der Waals surface area contributed by atoms with Crippen LogP contribution in [0.1, 0.15) is 36.0 Å². The Balaban J connectivity index is 1.97. The number of rotatable bonds is 2. The van der Waals surface area contributed by atoms with Gasteiger partial charge in [0.2, 0.25) is 0 Å². The van der Waals surface area contributed by atoms with Gasteiger partial charge in [-0.1, -0.05) is 0 Å². The summed E-state index contributed by atoms with van der Waals surface area (Å²) in [5.41, 5.74) is -1.25. The number of halogens is 4. The second-order valence-electron chi connectivity index (χ2n) is 5.79. The van der Waals surface area contributed by atoms with Gasteiger partial charge in [-0.25, -0.2) is 26.0 Å². The van der Waals surface area contributed by atoms with Gasteiger partial charge in [-0.15, -0.1) is 0 Å². The molecule has 2 heterocycles. The molecule has 1 aromatic rings. The molecule has 8 heteroatoms. The van der Waals surface area contributed by atoms with Crippen molar-refractivity contribution in [3.8, 4) is 0 Å². The van der Waals surface area contributed by atoms with E-state index in [0.717, 1.165) is 0 Å². The number of benzene rings is 1. The number of Topliss-reactive ketones (excluding diaryl/α,β-unsaturated/α-hetero) is 1. The molecule has 2 atom stereocenters. The van der Waals surface area contributed by atoms with E-state index in [9.17, 15) is 30.8 Å². The van der Waals surface area contributed by atoms with Gasteiger partial charge in [0.15, 0.2) is 38.9 Å². The van der Waals surface area contributed by atoms with Gasteiger partial charge in [0.25, 0.3) is 0 Å². The fourth-order valence-corrected chi connectivity index (χ4v) is 5.89. The first-order valence-corrected chi connectivity index (χ1v) is 8.44. The second-order valence-corrected chi connectivity index (χ2v) is 8.30. The lowest BCUT2D eigenvalue weighted by atomic mass is 9.89. The molecule has 0 N–H and O–H groups in total. The van der Waals surface area contributed by atoms with Crippen molar-refractivity contribution < 1.29 is 30.8 Å². The molecule has 0 spiro atoms. The van der Waals surface area contributed by atoms with Crippen molar-refractivity contribution in [2.45, 2.75) is 36.2 Å². The van der Waals surface area contributed by atoms with Crippen molar-refractivity contribution in [3.05, 3.63) is 34.9 Å². The Morgan fingerprint density at radius 2 is 1.41 bits per heavy atom. The summed E-state index contributed by atoms with van der Waals surface area (Å²) in [6.45, 7) is 0. The predicted octanol–water partition coefficient (Wildman–Crippen LogP) is 2.78. The van der Waals surface area contributed by atoms with Gasteiger partial charge in [-0.05, 0) is 25.7 Å². The summed E-state index contributed by atoms with van der Waals surface area (Å²) in [4.78, 5) is 12.3. The average molecular weight is 336 g/mol. The van der Waals surface area contributed by atoms with Crippen LogP contribution in [-0.4, -0.2) is 24.7 Å². The lowest BCUT2D eigenvalue weighted by molar-refractivity contribution is 0.0894. The Morgan fingerprint density at radius 3 is 1.86 bits per heavy atom. The van der Waals surface area contributed by atoms with E-state index in [1.54, 1.807) is 0 Å². The Morgan fingerprint density at radius 1 is 0.955 bits per heavy atom. The Labute approximate surface area is 124 Å². The second kappa shape index (κ2) is 5.04. The molecule has 0 saturated carbocycles. The molecule has 3 rings (SSSR count). The van der Waals surface area contributed by atoms with E-state index in [0.29, 0.717) is 12.8 Å². The largest absolute Gasteiger partial charge is 0.294 e. The van der Waals surface area contributed by atoms with Crippen molar-refractivity contribution in [3.63, 3.8) is 0 Å². The van der Waals surface area contributed by atoms with Crippen molar-refractivity contribution in [1.29, 1.82) is 0 Å². The highest BCUT2D eigenvalue weighted by molar-refractivity contribution is 7.93. The Bertz CT molecular complexity index is 714. The minimum atomic E-state index is -3.30. The van der Waals surface area contributed by atoms with Crippen LogP contribution >= 0.6 is 0 Å². The molecule has 0 aromatic heterocycles. The Kier molecular flexibility index (Phi) is 3.54. The van der Waals surface area contributed by atoms with Gasteiger partial charge in [0, 0.05) is 12.0 Å². The van der Waals surface area contributed by atoms with Gasteiger partial charge in [-0.2, -0.15) is 0 Å². The summed E-state index contributed by atoms with van der Waals surface area (Å²) in [6.07, 6.45) is 0.682. The molecule has 2 bridgehead atoms. The zero-order valence-corrected chi connectivity index (χ0v) is 12.1. The molecule has 120 valence electrons. The Hall–Kier alpha value is -1.44. The zero-order chi connectivity index (χ0) is 16.2. The molecule has 2 fully saturated rings. The molecule has 0 aliphatic carbocycles. The number of ketones is 1. The van der Waals surface area contributed by atoms with E-state index in [1.807, 2.05) is 0 Å². The van der Waals surface area contributed by atoms with E-state index in [2.05, 4.69) is 0 Å². The van der Waals surface area contributed by atoms with Crippen LogP contribution in [0.4, 0.5) is 17.6 Å². The van der Waals surface area contributed by atoms with Crippen molar-refractivity contribution in [1.82, 2.24) is 0 Å². The van der Waals surface area contributed by atoms with E-state index in [4.69, 9.17) is 0 Å². The van der Waals surface area contributed by atoms with Gasteiger partial charge in [0.1, 0.15) is 0 Å². The highest BCUT2D eigenvalue weighted by Gasteiger charge is 2.49. The van der Waals surface area contributed by atoms with E-state index in [-0.39, 0.29) is 18.9 Å². The van der Waals surface area contributed by atoms with E-state index >= 15 is 0 Å². The number of carbonyl (C=O) groups is 1. The molecule has 22 heavy (non-hydrogen) atoms. The topological polar surface area (TPSA) is 51.2 Å². The number of hydrogen-bond acceptors (Lipinski definition) is 3. The minimum Gasteiger partial charge on any atom is -0.294 e. The quantitative estimate of drug-likeness (QED) is 0.474. The highest BCUT2D eigenvalue weighted by Crippen LogP contribution is 2.42. The van der Waals surface area contributed by atoms with Crippen molar-refractivity contribution in [2.24, 2.45) is 5.92 Å². The third-order valence-corrected chi connectivity index (χ3v) is 7.28. The lowest BCUT2D eigenvalue weighted by Crippen LogP contribution is -2.36. The number of hydrogen-bond donors (Lipinski definition) is 0. The van der Waals surface area contributed by atoms with Crippen LogP contribution in [0.25, 0.3) is 0 Å².